The Balaban J connectivity index is 0.00000387. The van der Waals surface area contributed by atoms with E-state index in [-0.39, 0.29) is 29.8 Å². The third kappa shape index (κ3) is 7.82. The number of likely N-dealkylation sites (tertiary alicyclic amines) is 2. The molecule has 3 aromatic carbocycles. The standard InChI is InChI=1S/C33H38ClN3O3.ClH/c1-40-29-12-10-25(11-13-29)24-37-21-17-33(32(37)39)15-19-36(20-16-33)18-14-30(27-7-3-2-4-8-27)35-31(38)23-26-6-5-9-28(34)22-26;/h2-13,22,30H,14-21,23-24H2,1H3,(H,35,38);1H. The van der Waals surface area contributed by atoms with Gasteiger partial charge in [0.1, 0.15) is 5.75 Å². The zero-order valence-corrected chi connectivity index (χ0v) is 25.1. The SMILES string of the molecule is COc1ccc(CN2CCC3(CCN(CCC(NC(=O)Cc4cccc(Cl)c4)c4ccccc4)CC3)C2=O)cc1.Cl. The molecular formula is C33H39Cl2N3O3. The molecule has 1 N–H and O–H groups in total. The highest BCUT2D eigenvalue weighted by Gasteiger charge is 2.47. The van der Waals surface area contributed by atoms with Crippen molar-refractivity contribution in [3.05, 3.63) is 101 Å². The maximum absolute atomic E-state index is 13.5. The average Bonchev–Trinajstić information content (AvgIpc) is 3.26. The molecule has 8 heteroatoms. The minimum absolute atomic E-state index is 0. The van der Waals surface area contributed by atoms with Gasteiger partial charge in [0.15, 0.2) is 0 Å². The third-order valence-corrected chi connectivity index (χ3v) is 8.71. The van der Waals surface area contributed by atoms with Gasteiger partial charge in [0.25, 0.3) is 0 Å². The highest BCUT2D eigenvalue weighted by Crippen LogP contribution is 2.42. The van der Waals surface area contributed by atoms with Crippen LogP contribution < -0.4 is 10.1 Å². The number of ether oxygens (including phenoxy) is 1. The average molecular weight is 597 g/mol. The van der Waals surface area contributed by atoms with Crippen LogP contribution in [-0.4, -0.2) is 54.9 Å². The molecule has 1 atom stereocenters. The van der Waals surface area contributed by atoms with Crippen molar-refractivity contribution in [2.75, 3.05) is 33.3 Å². The summed E-state index contributed by atoms with van der Waals surface area (Å²) in [4.78, 5) is 30.9. The Morgan fingerprint density at radius 3 is 2.34 bits per heavy atom. The number of carbonyl (C=O) groups is 2. The Kier molecular flexibility index (Phi) is 10.7. The highest BCUT2D eigenvalue weighted by atomic mass is 35.5. The van der Waals surface area contributed by atoms with E-state index in [2.05, 4.69) is 22.3 Å². The molecule has 0 aromatic heterocycles. The van der Waals surface area contributed by atoms with E-state index < -0.39 is 0 Å². The van der Waals surface area contributed by atoms with Crippen LogP contribution >= 0.6 is 24.0 Å². The van der Waals surface area contributed by atoms with E-state index in [1.165, 1.54) is 0 Å². The van der Waals surface area contributed by atoms with E-state index in [1.807, 2.05) is 71.6 Å². The summed E-state index contributed by atoms with van der Waals surface area (Å²) in [6, 6.07) is 25.5. The van der Waals surface area contributed by atoms with Gasteiger partial charge in [0.05, 0.1) is 25.0 Å². The van der Waals surface area contributed by atoms with E-state index in [1.54, 1.807) is 7.11 Å². The zero-order chi connectivity index (χ0) is 28.0. The van der Waals surface area contributed by atoms with Crippen LogP contribution in [0.5, 0.6) is 5.75 Å². The minimum Gasteiger partial charge on any atom is -0.497 e. The lowest BCUT2D eigenvalue weighted by Crippen LogP contribution is -2.45. The van der Waals surface area contributed by atoms with Crippen LogP contribution in [-0.2, 0) is 22.6 Å². The molecule has 3 aromatic rings. The van der Waals surface area contributed by atoms with Gasteiger partial charge in [-0.1, -0.05) is 66.2 Å². The molecule has 0 saturated carbocycles. The number of hydrogen-bond donors (Lipinski definition) is 1. The van der Waals surface area contributed by atoms with E-state index in [9.17, 15) is 9.59 Å². The smallest absolute Gasteiger partial charge is 0.229 e. The van der Waals surface area contributed by atoms with Gasteiger partial charge in [-0.25, -0.2) is 0 Å². The normalized spacial score (nSPS) is 17.2. The Labute approximate surface area is 254 Å². The Morgan fingerprint density at radius 2 is 1.66 bits per heavy atom. The second kappa shape index (κ2) is 14.2. The lowest BCUT2D eigenvalue weighted by molar-refractivity contribution is -0.139. The summed E-state index contributed by atoms with van der Waals surface area (Å²) in [6.07, 6.45) is 3.83. The first-order chi connectivity index (χ1) is 19.4. The molecule has 1 unspecified atom stereocenters. The molecule has 218 valence electrons. The third-order valence-electron chi connectivity index (χ3n) is 8.47. The fourth-order valence-corrected chi connectivity index (χ4v) is 6.27. The molecule has 2 saturated heterocycles. The number of rotatable bonds is 10. The van der Waals surface area contributed by atoms with E-state index >= 15 is 0 Å². The molecule has 2 aliphatic rings. The monoisotopic (exact) mass is 595 g/mol. The first kappa shape index (κ1) is 30.9. The zero-order valence-electron chi connectivity index (χ0n) is 23.6. The van der Waals surface area contributed by atoms with Crippen molar-refractivity contribution in [2.24, 2.45) is 5.41 Å². The van der Waals surface area contributed by atoms with Crippen molar-refractivity contribution in [1.29, 1.82) is 0 Å². The van der Waals surface area contributed by atoms with Crippen LogP contribution in [0.2, 0.25) is 5.02 Å². The second-order valence-electron chi connectivity index (χ2n) is 11.1. The Bertz CT molecular complexity index is 1290. The summed E-state index contributed by atoms with van der Waals surface area (Å²) in [5.41, 5.74) is 2.91. The highest BCUT2D eigenvalue weighted by molar-refractivity contribution is 6.30. The van der Waals surface area contributed by atoms with E-state index in [0.717, 1.165) is 74.3 Å². The lowest BCUT2D eigenvalue weighted by Gasteiger charge is -2.38. The molecule has 6 nitrogen and oxygen atoms in total. The topological polar surface area (TPSA) is 61.9 Å². The Hall–Kier alpha value is -3.06. The molecule has 0 aliphatic carbocycles. The summed E-state index contributed by atoms with van der Waals surface area (Å²) >= 11 is 6.11. The molecule has 2 aliphatic heterocycles. The number of nitrogens with one attached hydrogen (secondary N) is 1. The van der Waals surface area contributed by atoms with Gasteiger partial charge in [-0.3, -0.25) is 9.59 Å². The van der Waals surface area contributed by atoms with Crippen molar-refractivity contribution in [3.8, 4) is 5.75 Å². The van der Waals surface area contributed by atoms with Crippen LogP contribution in [0.3, 0.4) is 0 Å². The van der Waals surface area contributed by atoms with Gasteiger partial charge in [-0.15, -0.1) is 12.4 Å². The minimum atomic E-state index is -0.229. The van der Waals surface area contributed by atoms with E-state index in [0.29, 0.717) is 23.9 Å². The first-order valence-electron chi connectivity index (χ1n) is 14.2. The predicted molar refractivity (Wildman–Crippen MR) is 165 cm³/mol. The Morgan fingerprint density at radius 1 is 0.951 bits per heavy atom. The maximum atomic E-state index is 13.5. The number of nitrogens with zero attached hydrogens (tertiary/aromatic N) is 2. The number of amides is 2. The summed E-state index contributed by atoms with van der Waals surface area (Å²) < 4.78 is 5.26. The maximum Gasteiger partial charge on any atom is 0.229 e. The quantitative estimate of drug-likeness (QED) is 0.309. The molecule has 2 amide bonds. The van der Waals surface area contributed by atoms with Crippen LogP contribution in [0.4, 0.5) is 0 Å². The van der Waals surface area contributed by atoms with Crippen LogP contribution in [0, 0.1) is 5.41 Å². The number of hydrogen-bond acceptors (Lipinski definition) is 4. The van der Waals surface area contributed by atoms with Crippen molar-refractivity contribution in [2.45, 2.75) is 44.7 Å². The molecule has 2 fully saturated rings. The summed E-state index contributed by atoms with van der Waals surface area (Å²) in [6.45, 7) is 4.15. The molecule has 0 radical (unpaired) electrons. The fourth-order valence-electron chi connectivity index (χ4n) is 6.06. The molecular weight excluding hydrogens is 557 g/mol. The van der Waals surface area contributed by atoms with Gasteiger partial charge in [0, 0.05) is 24.7 Å². The van der Waals surface area contributed by atoms with Gasteiger partial charge in [-0.05, 0) is 79.7 Å². The van der Waals surface area contributed by atoms with Crippen molar-refractivity contribution in [1.82, 2.24) is 15.1 Å². The number of methoxy groups -OCH3 is 1. The van der Waals surface area contributed by atoms with Gasteiger partial charge in [-0.2, -0.15) is 0 Å². The van der Waals surface area contributed by atoms with Crippen LogP contribution in [0.25, 0.3) is 0 Å². The fraction of sp³-hybridized carbons (Fsp3) is 0.394. The lowest BCUT2D eigenvalue weighted by atomic mass is 9.77. The summed E-state index contributed by atoms with van der Waals surface area (Å²) in [5, 5.41) is 3.89. The van der Waals surface area contributed by atoms with Crippen LogP contribution in [0.15, 0.2) is 78.9 Å². The molecule has 1 spiro atoms. The number of benzene rings is 3. The first-order valence-corrected chi connectivity index (χ1v) is 14.6. The molecule has 5 rings (SSSR count). The van der Waals surface area contributed by atoms with Crippen molar-refractivity contribution in [3.63, 3.8) is 0 Å². The van der Waals surface area contributed by atoms with Crippen molar-refractivity contribution < 1.29 is 14.3 Å². The summed E-state index contributed by atoms with van der Waals surface area (Å²) in [7, 11) is 1.66. The van der Waals surface area contributed by atoms with E-state index in [4.69, 9.17) is 16.3 Å². The number of carbonyl (C=O) groups excluding carboxylic acids is 2. The van der Waals surface area contributed by atoms with Gasteiger partial charge < -0.3 is 19.9 Å². The molecule has 2 heterocycles. The molecule has 41 heavy (non-hydrogen) atoms. The van der Waals surface area contributed by atoms with Gasteiger partial charge in [0.2, 0.25) is 11.8 Å². The van der Waals surface area contributed by atoms with Crippen molar-refractivity contribution >= 4 is 35.8 Å². The predicted octanol–water partition coefficient (Wildman–Crippen LogP) is 6.08. The number of halogens is 2. The van der Waals surface area contributed by atoms with Crippen LogP contribution in [0.1, 0.15) is 48.4 Å². The summed E-state index contributed by atoms with van der Waals surface area (Å²) in [5.74, 6) is 1.12. The molecule has 0 bridgehead atoms. The van der Waals surface area contributed by atoms with Gasteiger partial charge >= 0.3 is 0 Å². The second-order valence-corrected chi connectivity index (χ2v) is 11.5. The largest absolute Gasteiger partial charge is 0.497 e. The number of piperidine rings is 1.